The Morgan fingerprint density at radius 2 is 1.84 bits per heavy atom. The molecule has 0 aromatic rings. The van der Waals surface area contributed by atoms with Gasteiger partial charge in [0.25, 0.3) is 0 Å². The topological polar surface area (TPSA) is 18.5 Å². The summed E-state index contributed by atoms with van der Waals surface area (Å²) in [5.41, 5.74) is 7.71. The Bertz CT molecular complexity index is 808. The first-order valence-electron chi connectivity index (χ1n) is 13.1. The number of halogens is 1. The van der Waals surface area contributed by atoms with Gasteiger partial charge in [-0.25, -0.2) is 0 Å². The number of fused-ring (bicyclic) bond motifs is 4. The van der Waals surface area contributed by atoms with Crippen molar-refractivity contribution >= 4 is 11.6 Å². The highest BCUT2D eigenvalue weighted by atomic mass is 35.5. The number of ether oxygens (including phenoxy) is 2. The molecule has 0 aromatic heterocycles. The Balaban J connectivity index is 1.62. The van der Waals surface area contributed by atoms with Crippen molar-refractivity contribution in [1.82, 2.24) is 0 Å². The van der Waals surface area contributed by atoms with Crippen LogP contribution in [-0.2, 0) is 9.47 Å². The molecule has 1 saturated carbocycles. The van der Waals surface area contributed by atoms with E-state index in [1.54, 1.807) is 22.3 Å². The van der Waals surface area contributed by atoms with Crippen molar-refractivity contribution in [3.8, 4) is 0 Å². The molecule has 0 spiro atoms. The molecule has 4 aliphatic rings. The molecule has 7 atom stereocenters. The third kappa shape index (κ3) is 3.77. The monoisotopic (exact) mass is 460 g/mol. The zero-order valence-corrected chi connectivity index (χ0v) is 22.2. The zero-order chi connectivity index (χ0) is 23.3. The molecule has 0 saturated heterocycles. The fourth-order valence-corrected chi connectivity index (χ4v) is 8.72. The van der Waals surface area contributed by atoms with Gasteiger partial charge in [0.2, 0.25) is 0 Å². The summed E-state index contributed by atoms with van der Waals surface area (Å²) < 4.78 is 12.2. The van der Waals surface area contributed by atoms with Crippen LogP contribution < -0.4 is 0 Å². The van der Waals surface area contributed by atoms with Crippen LogP contribution in [0.2, 0.25) is 0 Å². The average Bonchev–Trinajstić information content (AvgIpc) is 3.08. The molecule has 32 heavy (non-hydrogen) atoms. The van der Waals surface area contributed by atoms with E-state index in [4.69, 9.17) is 21.1 Å². The summed E-state index contributed by atoms with van der Waals surface area (Å²) in [5.74, 6) is 1.87. The van der Waals surface area contributed by atoms with E-state index in [2.05, 4.69) is 53.7 Å². The molecule has 1 fully saturated rings. The van der Waals surface area contributed by atoms with Crippen molar-refractivity contribution < 1.29 is 9.47 Å². The van der Waals surface area contributed by atoms with Gasteiger partial charge in [-0.3, -0.25) is 0 Å². The molecule has 2 nitrogen and oxygen atoms in total. The number of hydrogen-bond acceptors (Lipinski definition) is 2. The molecular weight excluding hydrogens is 416 g/mol. The Kier molecular flexibility index (Phi) is 6.83. The molecule has 3 unspecified atom stereocenters. The third-order valence-electron chi connectivity index (χ3n) is 10.2. The average molecular weight is 461 g/mol. The van der Waals surface area contributed by atoms with Crippen LogP contribution in [0, 0.1) is 34.0 Å². The van der Waals surface area contributed by atoms with Crippen molar-refractivity contribution in [2.45, 2.75) is 106 Å². The van der Waals surface area contributed by atoms with Gasteiger partial charge in [-0.2, -0.15) is 0 Å². The second-order valence-electron chi connectivity index (χ2n) is 12.0. The highest BCUT2D eigenvalue weighted by molar-refractivity contribution is 6.25. The van der Waals surface area contributed by atoms with Crippen LogP contribution in [0.25, 0.3) is 0 Å². The molecule has 0 N–H and O–H groups in total. The molecule has 0 amide bonds. The minimum absolute atomic E-state index is 0.119. The van der Waals surface area contributed by atoms with E-state index in [-0.39, 0.29) is 17.8 Å². The molecule has 180 valence electrons. The van der Waals surface area contributed by atoms with Crippen molar-refractivity contribution in [3.05, 3.63) is 34.4 Å². The second kappa shape index (κ2) is 8.90. The minimum Gasteiger partial charge on any atom is -0.353 e. The third-order valence-corrected chi connectivity index (χ3v) is 10.3. The quantitative estimate of drug-likeness (QED) is 0.370. The molecular formula is C29H45ClO2. The lowest BCUT2D eigenvalue weighted by atomic mass is 9.46. The maximum Gasteiger partial charge on any atom is 0.155 e. The van der Waals surface area contributed by atoms with E-state index < -0.39 is 0 Å². The van der Waals surface area contributed by atoms with E-state index >= 15 is 0 Å². The van der Waals surface area contributed by atoms with E-state index in [0.29, 0.717) is 35.2 Å². The van der Waals surface area contributed by atoms with Crippen LogP contribution in [0.3, 0.4) is 0 Å². The summed E-state index contributed by atoms with van der Waals surface area (Å²) in [6, 6.07) is 0. The first-order valence-corrected chi connectivity index (χ1v) is 13.5. The van der Waals surface area contributed by atoms with Crippen molar-refractivity contribution in [2.24, 2.45) is 34.0 Å². The Hall–Kier alpha value is -0.570. The van der Waals surface area contributed by atoms with Gasteiger partial charge >= 0.3 is 0 Å². The Morgan fingerprint density at radius 3 is 2.53 bits per heavy atom. The summed E-state index contributed by atoms with van der Waals surface area (Å²) in [7, 11) is 0. The van der Waals surface area contributed by atoms with Gasteiger partial charge in [0, 0.05) is 12.1 Å². The standard InChI is InChI=1S/C29H45ClO2/c1-8-31-20(3)32-26-14-17-29(7)24-13-16-28(6)22(19(2)15-18-30)10-11-23(28)21(24)9-12-25(29)27(26,4)5/h11,15,18-20,22,25-26H,8-10,12-14,16-17H2,1-7H3/b18-15+/t19-,20?,22-,25?,26?,28-,29-/m1/s1. The van der Waals surface area contributed by atoms with Gasteiger partial charge in [0.1, 0.15) is 0 Å². The predicted molar refractivity (Wildman–Crippen MR) is 135 cm³/mol. The van der Waals surface area contributed by atoms with Gasteiger partial charge < -0.3 is 9.47 Å². The number of allylic oxidation sites excluding steroid dienone is 5. The first-order chi connectivity index (χ1) is 15.1. The Labute approximate surface area is 201 Å². The highest BCUT2D eigenvalue weighted by Gasteiger charge is 2.58. The lowest BCUT2D eigenvalue weighted by molar-refractivity contribution is -0.214. The molecule has 0 radical (unpaired) electrons. The van der Waals surface area contributed by atoms with Crippen molar-refractivity contribution in [3.63, 3.8) is 0 Å². The molecule has 0 bridgehead atoms. The molecule has 4 aliphatic carbocycles. The molecule has 0 heterocycles. The second-order valence-corrected chi connectivity index (χ2v) is 12.3. The summed E-state index contributed by atoms with van der Waals surface area (Å²) in [4.78, 5) is 0. The van der Waals surface area contributed by atoms with Gasteiger partial charge in [-0.05, 0) is 104 Å². The predicted octanol–water partition coefficient (Wildman–Crippen LogP) is 8.42. The van der Waals surface area contributed by atoms with Gasteiger partial charge in [0.05, 0.1) is 6.10 Å². The van der Waals surface area contributed by atoms with Crippen LogP contribution in [0.1, 0.15) is 93.4 Å². The summed E-state index contributed by atoms with van der Waals surface area (Å²) in [5, 5.41) is 0. The summed E-state index contributed by atoms with van der Waals surface area (Å²) in [6.07, 6.45) is 13.6. The SMILES string of the molecule is CCOC(C)OC1CC[C@]2(C)C3=C(CCC2C1(C)C)C1=CC[C@H]([C@H](C)/C=C/Cl)[C@@]1(C)CC3. The van der Waals surface area contributed by atoms with E-state index in [0.717, 1.165) is 6.42 Å². The maximum atomic E-state index is 6.46. The van der Waals surface area contributed by atoms with Crippen LogP contribution in [-0.4, -0.2) is 19.0 Å². The summed E-state index contributed by atoms with van der Waals surface area (Å²) >= 11 is 5.96. The smallest absolute Gasteiger partial charge is 0.155 e. The first kappa shape index (κ1) is 24.6. The van der Waals surface area contributed by atoms with Crippen LogP contribution in [0.4, 0.5) is 0 Å². The largest absolute Gasteiger partial charge is 0.353 e. The number of hydrogen-bond donors (Lipinski definition) is 0. The highest BCUT2D eigenvalue weighted by Crippen LogP contribution is 2.66. The van der Waals surface area contributed by atoms with Gasteiger partial charge in [-0.1, -0.05) is 63.9 Å². The fraction of sp³-hybridized carbons (Fsp3) is 0.793. The maximum absolute atomic E-state index is 6.46. The fourth-order valence-electron chi connectivity index (χ4n) is 8.50. The molecule has 0 aromatic carbocycles. The lowest BCUT2D eigenvalue weighted by Gasteiger charge is -2.60. The normalized spacial score (nSPS) is 40.5. The number of rotatable bonds is 6. The minimum atomic E-state index is -0.119. The van der Waals surface area contributed by atoms with E-state index in [1.165, 1.54) is 38.5 Å². The molecule has 3 heteroatoms. The molecule has 0 aliphatic heterocycles. The van der Waals surface area contributed by atoms with Crippen molar-refractivity contribution in [2.75, 3.05) is 6.61 Å². The van der Waals surface area contributed by atoms with Gasteiger partial charge in [-0.15, -0.1) is 0 Å². The van der Waals surface area contributed by atoms with Crippen molar-refractivity contribution in [1.29, 1.82) is 0 Å². The molecule has 4 rings (SSSR count). The lowest BCUT2D eigenvalue weighted by Crippen LogP contribution is -2.54. The van der Waals surface area contributed by atoms with E-state index in [1.807, 2.05) is 6.92 Å². The summed E-state index contributed by atoms with van der Waals surface area (Å²) in [6.45, 7) is 17.2. The zero-order valence-electron chi connectivity index (χ0n) is 21.5. The van der Waals surface area contributed by atoms with Gasteiger partial charge in [0.15, 0.2) is 6.29 Å². The van der Waals surface area contributed by atoms with Crippen LogP contribution in [0.5, 0.6) is 0 Å². The van der Waals surface area contributed by atoms with Crippen LogP contribution in [0.15, 0.2) is 34.4 Å². The van der Waals surface area contributed by atoms with Crippen LogP contribution >= 0.6 is 11.6 Å². The Morgan fingerprint density at radius 1 is 1.09 bits per heavy atom. The van der Waals surface area contributed by atoms with E-state index in [9.17, 15) is 0 Å².